The van der Waals surface area contributed by atoms with Gasteiger partial charge in [-0.3, -0.25) is 4.79 Å². The van der Waals surface area contributed by atoms with Crippen LogP contribution < -0.4 is 5.73 Å². The number of hydrogen-bond donors (Lipinski definition) is 2. The lowest BCUT2D eigenvalue weighted by atomic mass is 9.83. The number of aliphatic hydroxyl groups is 1. The molecule has 4 nitrogen and oxygen atoms in total. The molecule has 3 fully saturated rings. The zero-order valence-corrected chi connectivity index (χ0v) is 13.0. The van der Waals surface area contributed by atoms with Crippen molar-refractivity contribution in [1.82, 2.24) is 4.90 Å². The van der Waals surface area contributed by atoms with Gasteiger partial charge in [0.1, 0.15) is 0 Å². The van der Waals surface area contributed by atoms with E-state index in [1.807, 2.05) is 11.8 Å². The van der Waals surface area contributed by atoms with Crippen molar-refractivity contribution in [1.29, 1.82) is 0 Å². The predicted octanol–water partition coefficient (Wildman–Crippen LogP) is 1.40. The number of nitrogens with two attached hydrogens (primary N) is 1. The summed E-state index contributed by atoms with van der Waals surface area (Å²) in [5, 5.41) is 9.62. The van der Waals surface area contributed by atoms with Crippen molar-refractivity contribution in [3.8, 4) is 0 Å². The highest BCUT2D eigenvalue weighted by atomic mass is 35.5. The second-order valence-electron chi connectivity index (χ2n) is 6.84. The molecule has 20 heavy (non-hydrogen) atoms. The molecule has 0 aromatic heterocycles. The Morgan fingerprint density at radius 2 is 1.80 bits per heavy atom. The molecule has 3 N–H and O–H groups in total. The molecule has 0 spiro atoms. The smallest absolute Gasteiger partial charge is 0.227 e. The molecule has 1 amide bonds. The minimum atomic E-state index is -0.248. The number of hydrogen-bond acceptors (Lipinski definition) is 3. The van der Waals surface area contributed by atoms with Crippen molar-refractivity contribution < 1.29 is 9.90 Å². The van der Waals surface area contributed by atoms with E-state index in [1.165, 1.54) is 19.3 Å². The number of aliphatic hydroxyl groups excluding tert-OH is 1. The van der Waals surface area contributed by atoms with Crippen LogP contribution in [0.5, 0.6) is 0 Å². The van der Waals surface area contributed by atoms with Gasteiger partial charge in [-0.25, -0.2) is 0 Å². The zero-order valence-electron chi connectivity index (χ0n) is 12.2. The van der Waals surface area contributed by atoms with Crippen molar-refractivity contribution in [3.63, 3.8) is 0 Å². The van der Waals surface area contributed by atoms with E-state index in [0.717, 1.165) is 25.9 Å². The summed E-state index contributed by atoms with van der Waals surface area (Å²) in [6, 6.07) is 0.0979. The van der Waals surface area contributed by atoms with Crippen molar-refractivity contribution in [2.45, 2.75) is 51.2 Å². The predicted molar refractivity (Wildman–Crippen MR) is 80.5 cm³/mol. The van der Waals surface area contributed by atoms with Gasteiger partial charge in [0.05, 0.1) is 12.0 Å². The highest BCUT2D eigenvalue weighted by Crippen LogP contribution is 2.48. The molecule has 2 bridgehead atoms. The molecule has 2 saturated carbocycles. The van der Waals surface area contributed by atoms with Gasteiger partial charge in [0, 0.05) is 19.1 Å². The maximum Gasteiger partial charge on any atom is 0.227 e. The van der Waals surface area contributed by atoms with Gasteiger partial charge >= 0.3 is 0 Å². The highest BCUT2D eigenvalue weighted by molar-refractivity contribution is 5.85. The van der Waals surface area contributed by atoms with Gasteiger partial charge in [-0.15, -0.1) is 12.4 Å². The third-order valence-corrected chi connectivity index (χ3v) is 5.80. The lowest BCUT2D eigenvalue weighted by molar-refractivity contribution is -0.139. The van der Waals surface area contributed by atoms with Crippen LogP contribution in [-0.2, 0) is 4.79 Å². The third kappa shape index (κ3) is 2.70. The quantitative estimate of drug-likeness (QED) is 0.810. The van der Waals surface area contributed by atoms with Gasteiger partial charge in [-0.05, 0) is 56.8 Å². The fourth-order valence-electron chi connectivity index (χ4n) is 4.52. The molecule has 0 aromatic rings. The van der Waals surface area contributed by atoms with Gasteiger partial charge in [-0.2, -0.15) is 0 Å². The molecule has 3 rings (SSSR count). The lowest BCUT2D eigenvalue weighted by Gasteiger charge is -2.37. The maximum atomic E-state index is 12.7. The number of nitrogens with zero attached hydrogens (tertiary/aromatic N) is 1. The normalized spacial score (nSPS) is 38.6. The SMILES string of the molecule is CC(O)C1CCN(C(=O)C2C3CCC(C3)C2N)CC1.Cl. The molecule has 5 unspecified atom stereocenters. The molecular formula is C15H27ClN2O2. The molecule has 1 heterocycles. The molecule has 0 radical (unpaired) electrons. The Hall–Kier alpha value is -0.320. The van der Waals surface area contributed by atoms with E-state index in [1.54, 1.807) is 0 Å². The average molecular weight is 303 g/mol. The standard InChI is InChI=1S/C15H26N2O2.ClH/c1-9(18)10-4-6-17(7-5-10)15(19)13-11-2-3-12(8-11)14(13)16;/h9-14,18H,2-8,16H2,1H3;1H. The second-order valence-corrected chi connectivity index (χ2v) is 6.84. The zero-order chi connectivity index (χ0) is 13.6. The first kappa shape index (κ1) is 16.1. The number of likely N-dealkylation sites (tertiary alicyclic amines) is 1. The second kappa shape index (κ2) is 6.20. The Balaban J connectivity index is 0.00000147. The molecule has 0 aromatic carbocycles. The molecule has 3 aliphatic rings. The Labute approximate surface area is 127 Å². The van der Waals surface area contributed by atoms with E-state index in [-0.39, 0.29) is 30.5 Å². The van der Waals surface area contributed by atoms with Gasteiger partial charge in [0.25, 0.3) is 0 Å². The first-order chi connectivity index (χ1) is 9.08. The van der Waals surface area contributed by atoms with Crippen LogP contribution in [0.4, 0.5) is 0 Å². The fraction of sp³-hybridized carbons (Fsp3) is 0.933. The van der Waals surface area contributed by atoms with Gasteiger partial charge in [-0.1, -0.05) is 0 Å². The monoisotopic (exact) mass is 302 g/mol. The van der Waals surface area contributed by atoms with Crippen molar-refractivity contribution in [2.24, 2.45) is 29.4 Å². The van der Waals surface area contributed by atoms with Crippen molar-refractivity contribution in [3.05, 3.63) is 0 Å². The van der Waals surface area contributed by atoms with E-state index in [0.29, 0.717) is 23.7 Å². The van der Waals surface area contributed by atoms with Crippen LogP contribution in [0, 0.1) is 23.7 Å². The molecule has 5 atom stereocenters. The summed E-state index contributed by atoms with van der Waals surface area (Å²) in [4.78, 5) is 14.7. The van der Waals surface area contributed by atoms with Crippen molar-refractivity contribution >= 4 is 18.3 Å². The van der Waals surface area contributed by atoms with Crippen LogP contribution in [-0.4, -0.2) is 41.1 Å². The van der Waals surface area contributed by atoms with E-state index >= 15 is 0 Å². The van der Waals surface area contributed by atoms with Crippen LogP contribution in [0.3, 0.4) is 0 Å². The molecule has 1 saturated heterocycles. The molecular weight excluding hydrogens is 276 g/mol. The van der Waals surface area contributed by atoms with E-state index in [9.17, 15) is 9.90 Å². The van der Waals surface area contributed by atoms with Crippen LogP contribution in [0.2, 0.25) is 0 Å². The highest BCUT2D eigenvalue weighted by Gasteiger charge is 2.50. The number of rotatable bonds is 2. The number of amides is 1. The summed E-state index contributed by atoms with van der Waals surface area (Å²) in [6.07, 6.45) is 5.20. The van der Waals surface area contributed by atoms with Crippen molar-refractivity contribution in [2.75, 3.05) is 13.1 Å². The largest absolute Gasteiger partial charge is 0.393 e. The summed E-state index contributed by atoms with van der Waals surface area (Å²) in [5.74, 6) is 1.87. The Morgan fingerprint density at radius 1 is 1.20 bits per heavy atom. The maximum absolute atomic E-state index is 12.7. The summed E-state index contributed by atoms with van der Waals surface area (Å²) < 4.78 is 0. The Bertz CT molecular complexity index is 354. The molecule has 116 valence electrons. The molecule has 1 aliphatic heterocycles. The van der Waals surface area contributed by atoms with Crippen LogP contribution in [0.25, 0.3) is 0 Å². The first-order valence-corrected chi connectivity index (χ1v) is 7.80. The minimum absolute atomic E-state index is 0. The summed E-state index contributed by atoms with van der Waals surface area (Å²) in [7, 11) is 0. The Kier molecular flexibility index (Phi) is 4.98. The average Bonchev–Trinajstić information content (AvgIpc) is 2.99. The number of carbonyl (C=O) groups excluding carboxylic acids is 1. The van der Waals surface area contributed by atoms with E-state index in [4.69, 9.17) is 5.73 Å². The number of carbonyl (C=O) groups is 1. The summed E-state index contributed by atoms with van der Waals surface area (Å²) >= 11 is 0. The van der Waals surface area contributed by atoms with E-state index in [2.05, 4.69) is 0 Å². The summed E-state index contributed by atoms with van der Waals surface area (Å²) in [6.45, 7) is 3.46. The lowest BCUT2D eigenvalue weighted by Crippen LogP contribution is -2.49. The van der Waals surface area contributed by atoms with Crippen LogP contribution in [0.15, 0.2) is 0 Å². The first-order valence-electron chi connectivity index (χ1n) is 7.80. The topological polar surface area (TPSA) is 66.6 Å². The summed E-state index contributed by atoms with van der Waals surface area (Å²) in [5.41, 5.74) is 6.26. The Morgan fingerprint density at radius 3 is 2.30 bits per heavy atom. The number of halogens is 1. The van der Waals surface area contributed by atoms with Crippen LogP contribution >= 0.6 is 12.4 Å². The molecule has 2 aliphatic carbocycles. The van der Waals surface area contributed by atoms with Gasteiger partial charge < -0.3 is 15.7 Å². The molecule has 5 heteroatoms. The fourth-order valence-corrected chi connectivity index (χ4v) is 4.52. The van der Waals surface area contributed by atoms with Gasteiger partial charge in [0.15, 0.2) is 0 Å². The third-order valence-electron chi connectivity index (χ3n) is 5.80. The van der Waals surface area contributed by atoms with E-state index < -0.39 is 0 Å². The number of fused-ring (bicyclic) bond motifs is 2. The minimum Gasteiger partial charge on any atom is -0.393 e. The van der Waals surface area contributed by atoms with Crippen LogP contribution in [0.1, 0.15) is 39.0 Å². The van der Waals surface area contributed by atoms with Gasteiger partial charge in [0.2, 0.25) is 5.91 Å². The number of piperidine rings is 1.